The van der Waals surface area contributed by atoms with Gasteiger partial charge in [-0.15, -0.1) is 0 Å². The lowest BCUT2D eigenvalue weighted by molar-refractivity contribution is 0.428. The number of hydrogen-bond donors (Lipinski definition) is 2. The topological polar surface area (TPSA) is 50.1 Å². The third-order valence-corrected chi connectivity index (χ3v) is 3.59. The first-order valence-electron chi connectivity index (χ1n) is 6.61. The quantitative estimate of drug-likeness (QED) is 0.692. The molecule has 0 atom stereocenters. The molecule has 0 saturated heterocycles. The molecule has 0 aliphatic carbocycles. The number of hydrogen-bond acceptors (Lipinski definition) is 3. The molecule has 1 aromatic heterocycles. The Bertz CT molecular complexity index is 810. The fraction of sp³-hybridized carbons (Fsp3) is 0.125. The lowest BCUT2D eigenvalue weighted by atomic mass is 10.1. The van der Waals surface area contributed by atoms with Crippen LogP contribution in [0.15, 0.2) is 47.2 Å². The molecule has 1 heterocycles. The van der Waals surface area contributed by atoms with Crippen molar-refractivity contribution in [2.24, 2.45) is 0 Å². The molecule has 0 amide bonds. The molecule has 0 spiro atoms. The number of nitrogens with one attached hydrogen (secondary N) is 2. The number of aryl methyl sites for hydroxylation is 2. The molecule has 106 valence electrons. The Balaban J connectivity index is 1.71. The van der Waals surface area contributed by atoms with E-state index in [2.05, 4.69) is 41.8 Å². The van der Waals surface area contributed by atoms with Crippen molar-refractivity contribution in [2.75, 3.05) is 10.6 Å². The largest absolute Gasteiger partial charge is 0.364 e. The fourth-order valence-corrected chi connectivity index (χ4v) is 2.29. The zero-order valence-electron chi connectivity index (χ0n) is 11.8. The summed E-state index contributed by atoms with van der Waals surface area (Å²) in [6.07, 6.45) is 1.62. The minimum atomic E-state index is 0.543. The van der Waals surface area contributed by atoms with E-state index in [9.17, 15) is 0 Å². The Morgan fingerprint density at radius 3 is 2.48 bits per heavy atom. The second-order valence-corrected chi connectivity index (χ2v) is 5.37. The van der Waals surface area contributed by atoms with E-state index >= 15 is 0 Å². The van der Waals surface area contributed by atoms with Crippen molar-refractivity contribution < 1.29 is 4.52 Å². The van der Waals surface area contributed by atoms with E-state index in [1.807, 2.05) is 24.3 Å². The highest BCUT2D eigenvalue weighted by molar-refractivity contribution is 7.80. The zero-order chi connectivity index (χ0) is 14.8. The Labute approximate surface area is 128 Å². The third-order valence-electron chi connectivity index (χ3n) is 3.38. The summed E-state index contributed by atoms with van der Waals surface area (Å²) in [6.45, 7) is 4.16. The lowest BCUT2D eigenvalue weighted by Crippen LogP contribution is -2.19. The maximum atomic E-state index is 5.33. The van der Waals surface area contributed by atoms with Gasteiger partial charge in [0.25, 0.3) is 0 Å². The fourth-order valence-electron chi connectivity index (χ4n) is 2.05. The third kappa shape index (κ3) is 3.03. The number of benzene rings is 2. The molecule has 21 heavy (non-hydrogen) atoms. The first-order chi connectivity index (χ1) is 10.1. The SMILES string of the molecule is Cc1ccc(NC(=S)Nc2ccc3conc3c2)cc1C. The Kier molecular flexibility index (Phi) is 3.58. The number of anilines is 2. The van der Waals surface area contributed by atoms with E-state index < -0.39 is 0 Å². The van der Waals surface area contributed by atoms with Crippen LogP contribution in [0.4, 0.5) is 11.4 Å². The molecule has 0 aliphatic heterocycles. The van der Waals surface area contributed by atoms with Crippen LogP contribution in [0.2, 0.25) is 0 Å². The van der Waals surface area contributed by atoms with E-state index in [0.717, 1.165) is 22.3 Å². The first kappa shape index (κ1) is 13.6. The van der Waals surface area contributed by atoms with Crippen LogP contribution in [0.5, 0.6) is 0 Å². The minimum absolute atomic E-state index is 0.543. The predicted molar refractivity (Wildman–Crippen MR) is 89.8 cm³/mol. The van der Waals surface area contributed by atoms with E-state index in [-0.39, 0.29) is 0 Å². The zero-order valence-corrected chi connectivity index (χ0v) is 12.6. The molecule has 3 aromatic rings. The molecule has 5 heteroatoms. The number of thiocarbonyl (C=S) groups is 1. The van der Waals surface area contributed by atoms with Gasteiger partial charge in [0.1, 0.15) is 11.8 Å². The maximum Gasteiger partial charge on any atom is 0.175 e. The van der Waals surface area contributed by atoms with Gasteiger partial charge in [-0.3, -0.25) is 0 Å². The molecule has 0 unspecified atom stereocenters. The standard InChI is InChI=1S/C16H15N3OS/c1-10-3-5-13(7-11(10)2)17-16(21)18-14-6-4-12-9-20-19-15(12)8-14/h3-9H,1-2H3,(H2,17,18,21). The molecule has 2 aromatic carbocycles. The Hall–Kier alpha value is -2.40. The average molecular weight is 297 g/mol. The van der Waals surface area contributed by atoms with Crippen LogP contribution in [0.1, 0.15) is 11.1 Å². The maximum absolute atomic E-state index is 5.33. The summed E-state index contributed by atoms with van der Waals surface area (Å²) in [7, 11) is 0. The lowest BCUT2D eigenvalue weighted by Gasteiger charge is -2.11. The van der Waals surface area contributed by atoms with Crippen LogP contribution in [0.25, 0.3) is 10.9 Å². The molecule has 3 rings (SSSR count). The summed E-state index contributed by atoms with van der Waals surface area (Å²) in [4.78, 5) is 0. The van der Waals surface area contributed by atoms with Crippen molar-refractivity contribution >= 4 is 39.6 Å². The minimum Gasteiger partial charge on any atom is -0.364 e. The van der Waals surface area contributed by atoms with Crippen LogP contribution in [-0.2, 0) is 0 Å². The molecular formula is C16H15N3OS. The van der Waals surface area contributed by atoms with Gasteiger partial charge in [-0.25, -0.2) is 0 Å². The molecule has 0 fully saturated rings. The van der Waals surface area contributed by atoms with E-state index in [4.69, 9.17) is 16.7 Å². The van der Waals surface area contributed by atoms with Gasteiger partial charge in [-0.05, 0) is 67.5 Å². The van der Waals surface area contributed by atoms with Crippen LogP contribution < -0.4 is 10.6 Å². The van der Waals surface area contributed by atoms with Gasteiger partial charge in [0.2, 0.25) is 0 Å². The number of aromatic nitrogens is 1. The first-order valence-corrected chi connectivity index (χ1v) is 7.02. The molecule has 4 nitrogen and oxygen atoms in total. The van der Waals surface area contributed by atoms with Crippen molar-refractivity contribution in [1.29, 1.82) is 0 Å². The predicted octanol–water partition coefficient (Wildman–Crippen LogP) is 4.25. The van der Waals surface area contributed by atoms with E-state index in [0.29, 0.717) is 5.11 Å². The summed E-state index contributed by atoms with van der Waals surface area (Å²) in [5.41, 5.74) is 5.13. The summed E-state index contributed by atoms with van der Waals surface area (Å²) < 4.78 is 4.92. The van der Waals surface area contributed by atoms with E-state index in [1.54, 1.807) is 6.26 Å². The summed E-state index contributed by atoms with van der Waals surface area (Å²) in [5.74, 6) is 0. The molecule has 0 radical (unpaired) electrons. The van der Waals surface area contributed by atoms with Crippen molar-refractivity contribution in [3.8, 4) is 0 Å². The van der Waals surface area contributed by atoms with Crippen molar-refractivity contribution in [2.45, 2.75) is 13.8 Å². The number of nitrogens with zero attached hydrogens (tertiary/aromatic N) is 1. The van der Waals surface area contributed by atoms with Gasteiger partial charge in [-0.1, -0.05) is 11.2 Å². The highest BCUT2D eigenvalue weighted by Gasteiger charge is 2.03. The second kappa shape index (κ2) is 5.54. The molecule has 0 bridgehead atoms. The highest BCUT2D eigenvalue weighted by atomic mass is 32.1. The summed E-state index contributed by atoms with van der Waals surface area (Å²) in [6, 6.07) is 11.9. The van der Waals surface area contributed by atoms with Gasteiger partial charge in [0.15, 0.2) is 5.11 Å². The number of rotatable bonds is 2. The van der Waals surface area contributed by atoms with Crippen LogP contribution in [0.3, 0.4) is 0 Å². The highest BCUT2D eigenvalue weighted by Crippen LogP contribution is 2.18. The van der Waals surface area contributed by atoms with Gasteiger partial charge < -0.3 is 15.2 Å². The second-order valence-electron chi connectivity index (χ2n) is 4.97. The van der Waals surface area contributed by atoms with Crippen molar-refractivity contribution in [1.82, 2.24) is 5.16 Å². The monoisotopic (exact) mass is 297 g/mol. The average Bonchev–Trinajstić information content (AvgIpc) is 2.90. The Morgan fingerprint density at radius 1 is 1.00 bits per heavy atom. The molecule has 0 saturated carbocycles. The van der Waals surface area contributed by atoms with Gasteiger partial charge in [-0.2, -0.15) is 0 Å². The van der Waals surface area contributed by atoms with Gasteiger partial charge in [0, 0.05) is 16.8 Å². The van der Waals surface area contributed by atoms with Crippen molar-refractivity contribution in [3.63, 3.8) is 0 Å². The summed E-state index contributed by atoms with van der Waals surface area (Å²) >= 11 is 5.33. The van der Waals surface area contributed by atoms with Crippen LogP contribution in [-0.4, -0.2) is 10.3 Å². The summed E-state index contributed by atoms with van der Waals surface area (Å²) in [5, 5.41) is 11.7. The van der Waals surface area contributed by atoms with E-state index in [1.165, 1.54) is 11.1 Å². The smallest absolute Gasteiger partial charge is 0.175 e. The van der Waals surface area contributed by atoms with Gasteiger partial charge >= 0.3 is 0 Å². The van der Waals surface area contributed by atoms with Gasteiger partial charge in [0.05, 0.1) is 0 Å². The van der Waals surface area contributed by atoms with Crippen LogP contribution >= 0.6 is 12.2 Å². The molecule has 0 aliphatic rings. The normalized spacial score (nSPS) is 10.6. The van der Waals surface area contributed by atoms with Crippen molar-refractivity contribution in [3.05, 3.63) is 53.8 Å². The number of fused-ring (bicyclic) bond motifs is 1. The Morgan fingerprint density at radius 2 is 1.71 bits per heavy atom. The molecular weight excluding hydrogens is 282 g/mol. The van der Waals surface area contributed by atoms with Crippen LogP contribution in [0, 0.1) is 13.8 Å². The molecule has 2 N–H and O–H groups in total.